The lowest BCUT2D eigenvalue weighted by molar-refractivity contribution is -0.904. The average molecular weight is 760 g/mol. The van der Waals surface area contributed by atoms with Crippen molar-refractivity contribution < 1.29 is 48.7 Å². The summed E-state index contributed by atoms with van der Waals surface area (Å²) in [6, 6.07) is 12.3. The number of amides is 1. The molecule has 1 amide bonds. The fourth-order valence-electron chi connectivity index (χ4n) is 6.52. The van der Waals surface area contributed by atoms with Crippen LogP contribution in [0.3, 0.4) is 0 Å². The van der Waals surface area contributed by atoms with Crippen molar-refractivity contribution in [2.75, 3.05) is 38.8 Å². The van der Waals surface area contributed by atoms with Crippen molar-refractivity contribution >= 4 is 58.9 Å². The smallest absolute Gasteiger partial charge is 0.416 e. The average Bonchev–Trinajstić information content (AvgIpc) is 3.55. The van der Waals surface area contributed by atoms with E-state index in [9.17, 15) is 19.9 Å². The predicted octanol–water partition coefficient (Wildman–Crippen LogP) is 4.67. The molecular weight excluding hydrogens is 723 g/mol. The van der Waals surface area contributed by atoms with Crippen LogP contribution in [-0.4, -0.2) is 78.7 Å². The predicted molar refractivity (Wildman–Crippen MR) is 186 cm³/mol. The summed E-state index contributed by atoms with van der Waals surface area (Å²) in [5.74, 6) is -0.359. The van der Waals surface area contributed by atoms with Crippen LogP contribution in [0.4, 0.5) is 10.6 Å². The molecule has 2 bridgehead atoms. The third-order valence-corrected chi connectivity index (χ3v) is 10.7. The van der Waals surface area contributed by atoms with Gasteiger partial charge >= 0.3 is 6.09 Å². The molecule has 3 fully saturated rings. The highest BCUT2D eigenvalue weighted by Gasteiger charge is 2.38. The number of methoxy groups -OCH3 is 2. The highest BCUT2D eigenvalue weighted by atomic mass is 35.5. The molecule has 3 saturated heterocycles. The number of ether oxygens (including phenoxy) is 3. The van der Waals surface area contributed by atoms with Gasteiger partial charge in [-0.2, -0.15) is 0 Å². The molecule has 0 saturated carbocycles. The van der Waals surface area contributed by atoms with E-state index in [1.807, 2.05) is 6.07 Å². The number of carboxylic acids is 1. The SMILES string of the molecule is COc1ccc([C@H](Cc2c(Cl)c[n+](O)cc2Cl)c2cc(CN(C(=O)O[C@H]3CN4CCC3CC4)c3ccccn3)sc2C(=O)[O-])cc1OC.O=CO. The number of pyridine rings is 2. The second-order valence-corrected chi connectivity index (χ2v) is 13.9. The first kappa shape index (κ1) is 37.6. The Morgan fingerprint density at radius 2 is 1.80 bits per heavy atom. The zero-order valence-electron chi connectivity index (χ0n) is 27.7. The van der Waals surface area contributed by atoms with E-state index in [2.05, 4.69) is 9.88 Å². The van der Waals surface area contributed by atoms with Crippen molar-refractivity contribution in [2.45, 2.75) is 37.8 Å². The highest BCUT2D eigenvalue weighted by molar-refractivity contribution is 7.14. The largest absolute Gasteiger partial charge is 0.544 e. The maximum atomic E-state index is 13.8. The van der Waals surface area contributed by atoms with E-state index in [0.29, 0.717) is 51.3 Å². The molecule has 7 rings (SSSR count). The lowest BCUT2D eigenvalue weighted by Gasteiger charge is -2.44. The second-order valence-electron chi connectivity index (χ2n) is 11.9. The molecule has 4 aromatic rings. The lowest BCUT2D eigenvalue weighted by Crippen LogP contribution is -2.53. The van der Waals surface area contributed by atoms with Crippen LogP contribution >= 0.6 is 34.5 Å². The van der Waals surface area contributed by atoms with E-state index in [-0.39, 0.29) is 40.5 Å². The van der Waals surface area contributed by atoms with Crippen molar-refractivity contribution in [1.82, 2.24) is 9.88 Å². The summed E-state index contributed by atoms with van der Waals surface area (Å²) in [5, 5.41) is 29.9. The standard InChI is InChI=1S/C34H34Cl2N4O7S.CH2O2/c1-45-28-7-6-21(13-29(28)46-2)23(15-25-26(35)17-39(44)18-27(25)36)24-14-22(48-32(24)33(41)42)16-40(31-5-3-4-10-37-31)34(43)47-30-19-38-11-8-20(30)9-12-38;2-1-3/h3-7,10,13-14,17-18,20,23,30H,8-9,11-12,15-16,19H2,1-2H3,(H-,41,42,44);1H,(H,2,3)/t23-,30-;/m0./s1. The number of aromatic nitrogens is 2. The molecule has 270 valence electrons. The molecule has 51 heavy (non-hydrogen) atoms. The first-order valence-electron chi connectivity index (χ1n) is 15.9. The molecule has 2 atom stereocenters. The molecule has 0 aliphatic carbocycles. The number of benzene rings is 1. The fraction of sp³-hybridized carbons (Fsp3) is 0.343. The molecule has 2 N–H and O–H groups in total. The van der Waals surface area contributed by atoms with Crippen molar-refractivity contribution in [1.29, 1.82) is 0 Å². The van der Waals surface area contributed by atoms with Crippen LogP contribution in [0.1, 0.15) is 50.0 Å². The van der Waals surface area contributed by atoms with Crippen molar-refractivity contribution in [2.24, 2.45) is 5.92 Å². The van der Waals surface area contributed by atoms with Crippen LogP contribution in [-0.2, 0) is 22.5 Å². The summed E-state index contributed by atoms with van der Waals surface area (Å²) in [4.78, 5) is 43.6. The van der Waals surface area contributed by atoms with Crippen LogP contribution in [0.2, 0.25) is 10.0 Å². The normalized spacial score (nSPS) is 18.2. The Labute approximate surface area is 308 Å². The molecule has 0 unspecified atom stereocenters. The Balaban J connectivity index is 0.00000162. The van der Waals surface area contributed by atoms with Crippen LogP contribution in [0.5, 0.6) is 11.5 Å². The number of aromatic carboxylic acids is 1. The fourth-order valence-corrected chi connectivity index (χ4v) is 8.17. The number of thiophene rings is 1. The van der Waals surface area contributed by atoms with Gasteiger partial charge in [0, 0.05) is 33.8 Å². The molecule has 1 aromatic carbocycles. The van der Waals surface area contributed by atoms with Gasteiger partial charge in [-0.3, -0.25) is 19.8 Å². The number of nitrogens with zero attached hydrogens (tertiary/aromatic N) is 4. The van der Waals surface area contributed by atoms with Crippen LogP contribution < -0.4 is 24.2 Å². The first-order chi connectivity index (χ1) is 24.6. The van der Waals surface area contributed by atoms with Crippen LogP contribution in [0, 0.1) is 5.92 Å². The second kappa shape index (κ2) is 17.1. The zero-order chi connectivity index (χ0) is 36.7. The number of carbonyl (C=O) groups is 3. The number of carbonyl (C=O) groups excluding carboxylic acids is 2. The van der Waals surface area contributed by atoms with Gasteiger partial charge in [-0.05, 0) is 79.7 Å². The third-order valence-electron chi connectivity index (χ3n) is 8.97. The van der Waals surface area contributed by atoms with Gasteiger partial charge < -0.3 is 29.2 Å². The number of hydrogen-bond donors (Lipinski definition) is 2. The van der Waals surface area contributed by atoms with Gasteiger partial charge in [0.15, 0.2) is 11.5 Å². The lowest BCUT2D eigenvalue weighted by atomic mass is 9.85. The van der Waals surface area contributed by atoms with E-state index >= 15 is 0 Å². The number of rotatable bonds is 11. The molecule has 0 radical (unpaired) electrons. The van der Waals surface area contributed by atoms with E-state index in [4.69, 9.17) is 47.3 Å². The van der Waals surface area contributed by atoms with Crippen LogP contribution in [0.25, 0.3) is 0 Å². The molecule has 3 aromatic heterocycles. The van der Waals surface area contributed by atoms with Gasteiger partial charge in [-0.1, -0.05) is 35.3 Å². The first-order valence-corrected chi connectivity index (χ1v) is 17.5. The van der Waals surface area contributed by atoms with E-state index in [0.717, 1.165) is 42.0 Å². The number of halogens is 2. The Morgan fingerprint density at radius 1 is 1.12 bits per heavy atom. The third kappa shape index (κ3) is 8.82. The highest BCUT2D eigenvalue weighted by Crippen LogP contribution is 2.41. The van der Waals surface area contributed by atoms with E-state index in [1.54, 1.807) is 42.6 Å². The number of carboxylic acid groups (broad SMARTS) is 2. The van der Waals surface area contributed by atoms with Gasteiger partial charge in [0.2, 0.25) is 12.4 Å². The molecule has 0 spiro atoms. The number of hydrogen-bond acceptors (Lipinski definition) is 11. The van der Waals surface area contributed by atoms with Crippen molar-refractivity contribution in [3.63, 3.8) is 0 Å². The minimum Gasteiger partial charge on any atom is -0.544 e. The summed E-state index contributed by atoms with van der Waals surface area (Å²) >= 11 is 14.1. The Hall–Kier alpha value is -4.63. The zero-order valence-corrected chi connectivity index (χ0v) is 30.1. The summed E-state index contributed by atoms with van der Waals surface area (Å²) in [5.41, 5.74) is 1.62. The number of piperidine rings is 3. The molecule has 3 aliphatic heterocycles. The molecule has 13 nitrogen and oxygen atoms in total. The van der Waals surface area contributed by atoms with Gasteiger partial charge in [-0.25, -0.2) is 9.78 Å². The Kier molecular flexibility index (Phi) is 12.6. The monoisotopic (exact) mass is 758 g/mol. The summed E-state index contributed by atoms with van der Waals surface area (Å²) < 4.78 is 17.8. The summed E-state index contributed by atoms with van der Waals surface area (Å²) in [7, 11) is 3.04. The minimum absolute atomic E-state index is 0.0118. The van der Waals surface area contributed by atoms with Crippen molar-refractivity contribution in [3.8, 4) is 11.5 Å². The molecular formula is C35H36Cl2N4O9S. The van der Waals surface area contributed by atoms with Gasteiger partial charge in [0.1, 0.15) is 22.0 Å². The van der Waals surface area contributed by atoms with Gasteiger partial charge in [-0.15, -0.1) is 11.3 Å². The molecule has 6 heterocycles. The number of anilines is 1. The maximum Gasteiger partial charge on any atom is 0.416 e. The topological polar surface area (TPSA) is 166 Å². The number of fused-ring (bicyclic) bond motifs is 3. The van der Waals surface area contributed by atoms with Gasteiger partial charge in [0.25, 0.3) is 6.47 Å². The minimum atomic E-state index is -1.37. The molecule has 3 aliphatic rings. The summed E-state index contributed by atoms with van der Waals surface area (Å²) in [6.45, 7) is 2.47. The van der Waals surface area contributed by atoms with Gasteiger partial charge in [0.05, 0.1) is 31.6 Å². The Bertz CT molecular complexity index is 1830. The van der Waals surface area contributed by atoms with Crippen LogP contribution in [0.15, 0.2) is 61.1 Å². The summed E-state index contributed by atoms with van der Waals surface area (Å²) in [6.07, 6.45) is 5.55. The van der Waals surface area contributed by atoms with Crippen molar-refractivity contribution in [3.05, 3.63) is 97.5 Å². The van der Waals surface area contributed by atoms with E-state index in [1.165, 1.54) is 31.5 Å². The Morgan fingerprint density at radius 3 is 2.37 bits per heavy atom. The molecule has 16 heteroatoms. The maximum absolute atomic E-state index is 13.8. The van der Waals surface area contributed by atoms with E-state index < -0.39 is 18.0 Å². The quantitative estimate of drug-likeness (QED) is 0.124.